The van der Waals surface area contributed by atoms with Crippen LogP contribution in [-0.4, -0.2) is 4.98 Å². The fourth-order valence-corrected chi connectivity index (χ4v) is 2.18. The topological polar surface area (TPSA) is 24.9 Å². The van der Waals surface area contributed by atoms with Gasteiger partial charge in [-0.15, -0.1) is 0 Å². The van der Waals surface area contributed by atoms with E-state index in [9.17, 15) is 13.2 Å². The molecule has 0 saturated heterocycles. The van der Waals surface area contributed by atoms with Gasteiger partial charge in [-0.3, -0.25) is 4.98 Å². The lowest BCUT2D eigenvalue weighted by Crippen LogP contribution is -2.23. The van der Waals surface area contributed by atoms with Gasteiger partial charge >= 0.3 is 6.18 Å². The van der Waals surface area contributed by atoms with E-state index in [2.05, 4.69) is 10.3 Å². The van der Waals surface area contributed by atoms with Crippen molar-refractivity contribution in [1.29, 1.82) is 0 Å². The summed E-state index contributed by atoms with van der Waals surface area (Å²) in [5, 5.41) is 3.28. The minimum Gasteiger partial charge on any atom is -0.304 e. The van der Waals surface area contributed by atoms with E-state index in [0.717, 1.165) is 11.6 Å². The van der Waals surface area contributed by atoms with Crippen molar-refractivity contribution in [2.45, 2.75) is 32.1 Å². The van der Waals surface area contributed by atoms with Crippen LogP contribution in [0, 0.1) is 0 Å². The first-order valence-corrected chi connectivity index (χ1v) is 6.71. The molecule has 2 rings (SSSR count). The van der Waals surface area contributed by atoms with Crippen molar-refractivity contribution >= 4 is 0 Å². The summed E-state index contributed by atoms with van der Waals surface area (Å²) < 4.78 is 38.2. The molecule has 0 aliphatic heterocycles. The molecule has 2 atom stereocenters. The zero-order valence-corrected chi connectivity index (χ0v) is 11.9. The van der Waals surface area contributed by atoms with Gasteiger partial charge in [0.2, 0.25) is 0 Å². The molecule has 1 aromatic carbocycles. The van der Waals surface area contributed by atoms with Crippen LogP contribution < -0.4 is 5.32 Å². The molecular formula is C16H17F3N2. The summed E-state index contributed by atoms with van der Waals surface area (Å²) in [5.74, 6) is 0. The first-order chi connectivity index (χ1) is 9.88. The van der Waals surface area contributed by atoms with Crippen LogP contribution in [0.3, 0.4) is 0 Å². The molecule has 0 aliphatic carbocycles. The number of alkyl halides is 3. The second kappa shape index (κ2) is 6.26. The minimum absolute atomic E-state index is 0.00300. The number of hydrogen-bond donors (Lipinski definition) is 1. The number of benzene rings is 1. The van der Waals surface area contributed by atoms with Crippen LogP contribution in [0.2, 0.25) is 0 Å². The van der Waals surface area contributed by atoms with Gasteiger partial charge in [-0.25, -0.2) is 0 Å². The summed E-state index contributed by atoms with van der Waals surface area (Å²) in [6, 6.07) is 8.99. The Hall–Kier alpha value is -1.88. The fourth-order valence-electron chi connectivity index (χ4n) is 2.18. The van der Waals surface area contributed by atoms with E-state index in [-0.39, 0.29) is 12.1 Å². The summed E-state index contributed by atoms with van der Waals surface area (Å²) >= 11 is 0. The second-order valence-corrected chi connectivity index (χ2v) is 5.02. The quantitative estimate of drug-likeness (QED) is 0.897. The number of rotatable bonds is 4. The number of nitrogens with one attached hydrogen (secondary N) is 1. The van der Waals surface area contributed by atoms with Crippen molar-refractivity contribution in [2.24, 2.45) is 0 Å². The van der Waals surface area contributed by atoms with Crippen LogP contribution in [0.5, 0.6) is 0 Å². The van der Waals surface area contributed by atoms with Crippen LogP contribution in [0.4, 0.5) is 13.2 Å². The highest BCUT2D eigenvalue weighted by molar-refractivity contribution is 5.28. The van der Waals surface area contributed by atoms with E-state index in [4.69, 9.17) is 0 Å². The highest BCUT2D eigenvalue weighted by Gasteiger charge is 2.30. The maximum absolute atomic E-state index is 12.7. The molecule has 1 N–H and O–H groups in total. The summed E-state index contributed by atoms with van der Waals surface area (Å²) in [6.07, 6.45) is -0.881. The lowest BCUT2D eigenvalue weighted by molar-refractivity contribution is -0.137. The van der Waals surface area contributed by atoms with Gasteiger partial charge in [0.15, 0.2) is 0 Å². The molecule has 0 bridgehead atoms. The average molecular weight is 294 g/mol. The fraction of sp³-hybridized carbons (Fsp3) is 0.312. The van der Waals surface area contributed by atoms with Crippen LogP contribution in [0.1, 0.15) is 42.6 Å². The Bertz CT molecular complexity index is 582. The van der Waals surface area contributed by atoms with Crippen molar-refractivity contribution < 1.29 is 13.2 Å². The molecule has 2 unspecified atom stereocenters. The third-order valence-electron chi connectivity index (χ3n) is 3.40. The van der Waals surface area contributed by atoms with Crippen molar-refractivity contribution in [1.82, 2.24) is 10.3 Å². The van der Waals surface area contributed by atoms with Gasteiger partial charge in [-0.05, 0) is 43.2 Å². The Morgan fingerprint density at radius 1 is 1.00 bits per heavy atom. The van der Waals surface area contributed by atoms with Gasteiger partial charge in [0.1, 0.15) is 0 Å². The molecule has 1 heterocycles. The molecule has 0 radical (unpaired) electrons. The number of aromatic nitrogens is 1. The average Bonchev–Trinajstić information content (AvgIpc) is 2.47. The first-order valence-electron chi connectivity index (χ1n) is 6.71. The molecule has 0 aliphatic rings. The van der Waals surface area contributed by atoms with E-state index in [1.54, 1.807) is 18.5 Å². The molecule has 21 heavy (non-hydrogen) atoms. The van der Waals surface area contributed by atoms with Crippen molar-refractivity contribution in [3.63, 3.8) is 0 Å². The number of halogens is 3. The van der Waals surface area contributed by atoms with Crippen LogP contribution in [-0.2, 0) is 6.18 Å². The third-order valence-corrected chi connectivity index (χ3v) is 3.40. The molecular weight excluding hydrogens is 277 g/mol. The largest absolute Gasteiger partial charge is 0.416 e. The Morgan fingerprint density at radius 2 is 1.67 bits per heavy atom. The van der Waals surface area contributed by atoms with Gasteiger partial charge in [-0.2, -0.15) is 13.2 Å². The number of hydrogen-bond acceptors (Lipinski definition) is 2. The van der Waals surface area contributed by atoms with Gasteiger partial charge in [0.25, 0.3) is 0 Å². The standard InChI is InChI=1S/C16H17F3N2/c1-11(21-12(2)14-6-4-8-20-10-14)13-5-3-7-15(9-13)16(17,18)19/h3-12,21H,1-2H3. The molecule has 112 valence electrons. The monoisotopic (exact) mass is 294 g/mol. The summed E-state index contributed by atoms with van der Waals surface area (Å²) in [5.41, 5.74) is 0.986. The Labute approximate surface area is 122 Å². The molecule has 2 aromatic rings. The van der Waals surface area contributed by atoms with Crippen LogP contribution in [0.25, 0.3) is 0 Å². The molecule has 2 nitrogen and oxygen atoms in total. The van der Waals surface area contributed by atoms with Gasteiger partial charge in [-0.1, -0.05) is 18.2 Å². The Morgan fingerprint density at radius 3 is 2.29 bits per heavy atom. The van der Waals surface area contributed by atoms with Crippen molar-refractivity contribution in [2.75, 3.05) is 0 Å². The van der Waals surface area contributed by atoms with Crippen LogP contribution in [0.15, 0.2) is 48.8 Å². The summed E-state index contributed by atoms with van der Waals surface area (Å²) in [6.45, 7) is 3.81. The molecule has 5 heteroatoms. The molecule has 0 spiro atoms. The van der Waals surface area contributed by atoms with Gasteiger partial charge in [0.05, 0.1) is 5.56 Å². The smallest absolute Gasteiger partial charge is 0.304 e. The Kier molecular flexibility index (Phi) is 4.63. The third kappa shape index (κ3) is 4.04. The van der Waals surface area contributed by atoms with E-state index in [0.29, 0.717) is 5.56 Å². The Balaban J connectivity index is 2.12. The molecule has 0 amide bonds. The van der Waals surface area contributed by atoms with Crippen molar-refractivity contribution in [3.8, 4) is 0 Å². The number of pyridine rings is 1. The summed E-state index contributed by atoms with van der Waals surface area (Å²) in [4.78, 5) is 4.04. The minimum atomic E-state index is -4.31. The molecule has 1 aromatic heterocycles. The van der Waals surface area contributed by atoms with E-state index < -0.39 is 11.7 Å². The van der Waals surface area contributed by atoms with Gasteiger partial charge in [0, 0.05) is 24.5 Å². The second-order valence-electron chi connectivity index (χ2n) is 5.02. The SMILES string of the molecule is CC(NC(C)c1cccc(C(F)(F)F)c1)c1cccnc1. The highest BCUT2D eigenvalue weighted by Crippen LogP contribution is 2.31. The molecule has 0 fully saturated rings. The zero-order chi connectivity index (χ0) is 15.5. The maximum atomic E-state index is 12.7. The van der Waals surface area contributed by atoms with Crippen LogP contribution >= 0.6 is 0 Å². The van der Waals surface area contributed by atoms with E-state index >= 15 is 0 Å². The van der Waals surface area contributed by atoms with Crippen molar-refractivity contribution in [3.05, 3.63) is 65.5 Å². The van der Waals surface area contributed by atoms with E-state index in [1.165, 1.54) is 12.1 Å². The lowest BCUT2D eigenvalue weighted by atomic mass is 10.0. The normalized spacial score (nSPS) is 14.7. The maximum Gasteiger partial charge on any atom is 0.416 e. The predicted octanol–water partition coefficient (Wildman–Crippen LogP) is 4.51. The highest BCUT2D eigenvalue weighted by atomic mass is 19.4. The first kappa shape index (κ1) is 15.5. The summed E-state index contributed by atoms with van der Waals surface area (Å²) in [7, 11) is 0. The number of nitrogens with zero attached hydrogens (tertiary/aromatic N) is 1. The predicted molar refractivity (Wildman–Crippen MR) is 75.6 cm³/mol. The lowest BCUT2D eigenvalue weighted by Gasteiger charge is -2.21. The zero-order valence-electron chi connectivity index (χ0n) is 11.9. The van der Waals surface area contributed by atoms with E-state index in [1.807, 2.05) is 26.0 Å². The van der Waals surface area contributed by atoms with Gasteiger partial charge < -0.3 is 5.32 Å². The molecule has 0 saturated carbocycles.